The second kappa shape index (κ2) is 11.6. The van der Waals surface area contributed by atoms with Crippen LogP contribution in [0.3, 0.4) is 0 Å². The number of anilines is 3. The van der Waals surface area contributed by atoms with E-state index < -0.39 is 0 Å². The molecule has 3 aliphatic carbocycles. The summed E-state index contributed by atoms with van der Waals surface area (Å²) < 4.78 is 0. The summed E-state index contributed by atoms with van der Waals surface area (Å²) in [6.07, 6.45) is 16.4. The Hall–Kier alpha value is -4.88. The standard InChI is InChI=1S/C44H39N/c1-2-32-13-7-8-16-39(32)35-21-25-37(26-22-35)45(36-23-19-34(20-24-36)33-14-5-3-6-15-33)38-27-28-43-41(31-38)40-17-9-10-18-42(40)44(43)29-11-4-12-30-44/h2-3,5-10,14-28,31H,4,11-13,29-30H2,1H3/b32-2+. The van der Waals surface area contributed by atoms with E-state index in [1.807, 2.05) is 0 Å². The second-order valence-corrected chi connectivity index (χ2v) is 12.7. The zero-order valence-corrected chi connectivity index (χ0v) is 26.0. The lowest BCUT2D eigenvalue weighted by Gasteiger charge is -2.36. The van der Waals surface area contributed by atoms with Crippen molar-refractivity contribution >= 4 is 22.6 Å². The fourth-order valence-corrected chi connectivity index (χ4v) is 8.09. The van der Waals surface area contributed by atoms with Crippen molar-refractivity contribution in [3.63, 3.8) is 0 Å². The van der Waals surface area contributed by atoms with Gasteiger partial charge in [0.25, 0.3) is 0 Å². The average molecular weight is 582 g/mol. The zero-order chi connectivity index (χ0) is 30.2. The first-order valence-electron chi connectivity index (χ1n) is 16.6. The van der Waals surface area contributed by atoms with Crippen LogP contribution in [0.2, 0.25) is 0 Å². The molecule has 220 valence electrons. The van der Waals surface area contributed by atoms with Crippen LogP contribution in [0.5, 0.6) is 0 Å². The van der Waals surface area contributed by atoms with E-state index >= 15 is 0 Å². The van der Waals surface area contributed by atoms with Crippen LogP contribution in [0, 0.1) is 0 Å². The van der Waals surface area contributed by atoms with Gasteiger partial charge in [-0.3, -0.25) is 0 Å². The molecule has 1 nitrogen and oxygen atoms in total. The number of rotatable bonds is 5. The predicted octanol–water partition coefficient (Wildman–Crippen LogP) is 12.3. The Kier molecular flexibility index (Phi) is 7.10. The van der Waals surface area contributed by atoms with E-state index in [9.17, 15) is 0 Å². The maximum atomic E-state index is 2.46. The first-order valence-corrected chi connectivity index (χ1v) is 16.6. The normalized spacial score (nSPS) is 17.2. The fraction of sp³-hybridized carbons (Fsp3) is 0.182. The molecule has 5 aromatic carbocycles. The van der Waals surface area contributed by atoms with E-state index in [4.69, 9.17) is 0 Å². The van der Waals surface area contributed by atoms with Gasteiger partial charge in [-0.2, -0.15) is 0 Å². The lowest BCUT2D eigenvalue weighted by atomic mass is 9.68. The minimum absolute atomic E-state index is 0.166. The summed E-state index contributed by atoms with van der Waals surface area (Å²) in [5.74, 6) is 0. The maximum Gasteiger partial charge on any atom is 0.0468 e. The van der Waals surface area contributed by atoms with Crippen LogP contribution < -0.4 is 4.90 Å². The second-order valence-electron chi connectivity index (χ2n) is 12.7. The molecule has 0 aliphatic heterocycles. The van der Waals surface area contributed by atoms with Crippen LogP contribution >= 0.6 is 0 Å². The summed E-state index contributed by atoms with van der Waals surface area (Å²) in [5.41, 5.74) is 16.0. The molecule has 5 aromatic rings. The van der Waals surface area contributed by atoms with E-state index in [0.717, 1.165) is 12.1 Å². The third-order valence-corrected chi connectivity index (χ3v) is 10.3. The van der Waals surface area contributed by atoms with Crippen molar-refractivity contribution in [1.82, 2.24) is 0 Å². The van der Waals surface area contributed by atoms with Crippen molar-refractivity contribution in [2.24, 2.45) is 0 Å². The van der Waals surface area contributed by atoms with Crippen molar-refractivity contribution in [3.05, 3.63) is 168 Å². The highest BCUT2D eigenvalue weighted by molar-refractivity contribution is 5.88. The SMILES string of the molecule is C/C=C1\CC=CC=C1c1ccc(N(c2ccc(-c3ccccc3)cc2)c2ccc3c(c2)-c2ccccc2C32CCCCC2)cc1. The first kappa shape index (κ1) is 27.7. The number of hydrogen-bond acceptors (Lipinski definition) is 1. The molecule has 0 unspecified atom stereocenters. The van der Waals surface area contributed by atoms with Gasteiger partial charge in [0.2, 0.25) is 0 Å². The number of fused-ring (bicyclic) bond motifs is 5. The molecule has 1 saturated carbocycles. The summed E-state index contributed by atoms with van der Waals surface area (Å²) in [6.45, 7) is 2.14. The van der Waals surface area contributed by atoms with E-state index in [1.165, 1.54) is 93.6 Å². The van der Waals surface area contributed by atoms with E-state index in [-0.39, 0.29) is 5.41 Å². The molecule has 3 aliphatic rings. The number of benzene rings is 5. The average Bonchev–Trinajstić information content (AvgIpc) is 3.38. The lowest BCUT2D eigenvalue weighted by Crippen LogP contribution is -2.28. The Morgan fingerprint density at radius 3 is 1.93 bits per heavy atom. The molecule has 1 heteroatoms. The third kappa shape index (κ3) is 4.79. The molecule has 8 rings (SSSR count). The number of hydrogen-bond donors (Lipinski definition) is 0. The summed E-state index contributed by atoms with van der Waals surface area (Å²) in [4.78, 5) is 2.43. The Morgan fingerprint density at radius 2 is 1.20 bits per heavy atom. The lowest BCUT2D eigenvalue weighted by molar-refractivity contribution is 0.353. The third-order valence-electron chi connectivity index (χ3n) is 10.3. The molecule has 45 heavy (non-hydrogen) atoms. The van der Waals surface area contributed by atoms with Crippen molar-refractivity contribution in [1.29, 1.82) is 0 Å². The molecule has 0 bridgehead atoms. The largest absolute Gasteiger partial charge is 0.310 e. The minimum atomic E-state index is 0.166. The smallest absolute Gasteiger partial charge is 0.0468 e. The van der Waals surface area contributed by atoms with E-state index in [1.54, 1.807) is 0 Å². The molecular formula is C44H39N. The number of allylic oxidation sites excluding steroid dienone is 6. The Balaban J connectivity index is 1.24. The summed E-state index contributed by atoms with van der Waals surface area (Å²) in [5, 5.41) is 0. The molecule has 1 spiro atoms. The van der Waals surface area contributed by atoms with Gasteiger partial charge in [-0.1, -0.05) is 128 Å². The topological polar surface area (TPSA) is 3.24 Å². The molecule has 0 aromatic heterocycles. The van der Waals surface area contributed by atoms with Gasteiger partial charge in [0.15, 0.2) is 0 Å². The molecule has 1 fully saturated rings. The quantitative estimate of drug-likeness (QED) is 0.200. The van der Waals surface area contributed by atoms with Gasteiger partial charge in [-0.25, -0.2) is 0 Å². The molecule has 0 saturated heterocycles. The van der Waals surface area contributed by atoms with Crippen molar-refractivity contribution in [2.75, 3.05) is 4.90 Å². The predicted molar refractivity (Wildman–Crippen MR) is 191 cm³/mol. The van der Waals surface area contributed by atoms with Gasteiger partial charge in [0.1, 0.15) is 0 Å². The van der Waals surface area contributed by atoms with E-state index in [2.05, 4.69) is 157 Å². The number of nitrogens with zero attached hydrogens (tertiary/aromatic N) is 1. The van der Waals surface area contributed by atoms with E-state index in [0.29, 0.717) is 0 Å². The monoisotopic (exact) mass is 581 g/mol. The Morgan fingerprint density at radius 1 is 0.578 bits per heavy atom. The molecule has 0 atom stereocenters. The molecule has 0 N–H and O–H groups in total. The van der Waals surface area contributed by atoms with Crippen molar-refractivity contribution < 1.29 is 0 Å². The maximum absolute atomic E-state index is 2.46. The Bertz CT molecular complexity index is 1930. The van der Waals surface area contributed by atoms with Gasteiger partial charge in [-0.15, -0.1) is 0 Å². The highest BCUT2D eigenvalue weighted by Crippen LogP contribution is 2.56. The van der Waals surface area contributed by atoms with Gasteiger partial charge < -0.3 is 4.90 Å². The van der Waals surface area contributed by atoms with Crippen LogP contribution in [0.25, 0.3) is 27.8 Å². The Labute approximate surface area is 267 Å². The molecule has 0 heterocycles. The van der Waals surface area contributed by atoms with Crippen LogP contribution in [0.15, 0.2) is 151 Å². The van der Waals surface area contributed by atoms with Crippen molar-refractivity contribution in [3.8, 4) is 22.3 Å². The van der Waals surface area contributed by atoms with Crippen molar-refractivity contribution in [2.45, 2.75) is 50.9 Å². The van der Waals surface area contributed by atoms with Crippen LogP contribution in [-0.2, 0) is 5.41 Å². The van der Waals surface area contributed by atoms with Gasteiger partial charge >= 0.3 is 0 Å². The highest BCUT2D eigenvalue weighted by Gasteiger charge is 2.43. The summed E-state index contributed by atoms with van der Waals surface area (Å²) in [7, 11) is 0. The zero-order valence-electron chi connectivity index (χ0n) is 26.0. The van der Waals surface area contributed by atoms with Gasteiger partial charge in [0, 0.05) is 22.5 Å². The highest BCUT2D eigenvalue weighted by atomic mass is 15.1. The molecule has 0 radical (unpaired) electrons. The fourth-order valence-electron chi connectivity index (χ4n) is 8.09. The summed E-state index contributed by atoms with van der Waals surface area (Å²) in [6, 6.07) is 45.3. The van der Waals surface area contributed by atoms with Crippen LogP contribution in [-0.4, -0.2) is 0 Å². The minimum Gasteiger partial charge on any atom is -0.310 e. The summed E-state index contributed by atoms with van der Waals surface area (Å²) >= 11 is 0. The van der Waals surface area contributed by atoms with Gasteiger partial charge in [-0.05, 0) is 113 Å². The molecule has 0 amide bonds. The molecular weight excluding hydrogens is 542 g/mol. The van der Waals surface area contributed by atoms with Crippen LogP contribution in [0.4, 0.5) is 17.1 Å². The first-order chi connectivity index (χ1) is 22.2. The van der Waals surface area contributed by atoms with Crippen LogP contribution in [0.1, 0.15) is 62.1 Å². The van der Waals surface area contributed by atoms with Gasteiger partial charge in [0.05, 0.1) is 0 Å².